The van der Waals surface area contributed by atoms with Crippen molar-refractivity contribution in [3.63, 3.8) is 0 Å². The standard InChI is InChI=1S/C17H15BrFN3O2/c18-11-1-5-13(6-2-11)20-17(24)21-14-9-16(23)22(10-14)15-7-3-12(19)4-8-15/h1-8,14H,9-10H2,(H2,20,21,24). The minimum absolute atomic E-state index is 0.101. The molecule has 7 heteroatoms. The minimum atomic E-state index is -0.365. The first-order chi connectivity index (χ1) is 11.5. The maximum atomic E-state index is 13.0. The van der Waals surface area contributed by atoms with Crippen LogP contribution in [-0.2, 0) is 4.79 Å². The molecule has 0 radical (unpaired) electrons. The number of nitrogens with one attached hydrogen (secondary N) is 2. The van der Waals surface area contributed by atoms with Crippen molar-refractivity contribution in [1.82, 2.24) is 5.32 Å². The summed E-state index contributed by atoms with van der Waals surface area (Å²) >= 11 is 3.33. The Morgan fingerprint density at radius 3 is 2.46 bits per heavy atom. The lowest BCUT2D eigenvalue weighted by molar-refractivity contribution is -0.117. The summed E-state index contributed by atoms with van der Waals surface area (Å²) in [5, 5.41) is 5.51. The molecule has 3 amide bonds. The number of hydrogen-bond donors (Lipinski definition) is 2. The Morgan fingerprint density at radius 2 is 1.79 bits per heavy atom. The molecule has 1 saturated heterocycles. The topological polar surface area (TPSA) is 61.4 Å². The minimum Gasteiger partial charge on any atom is -0.333 e. The van der Waals surface area contributed by atoms with Crippen molar-refractivity contribution in [2.45, 2.75) is 12.5 Å². The Labute approximate surface area is 147 Å². The van der Waals surface area contributed by atoms with E-state index in [9.17, 15) is 14.0 Å². The molecule has 2 aromatic carbocycles. The molecule has 1 atom stereocenters. The van der Waals surface area contributed by atoms with Crippen molar-refractivity contribution in [2.24, 2.45) is 0 Å². The first kappa shape index (κ1) is 16.4. The molecule has 124 valence electrons. The molecule has 0 aromatic heterocycles. The zero-order valence-electron chi connectivity index (χ0n) is 12.6. The van der Waals surface area contributed by atoms with Gasteiger partial charge in [0, 0.05) is 28.8 Å². The predicted molar refractivity (Wildman–Crippen MR) is 93.5 cm³/mol. The Hall–Kier alpha value is -2.41. The molecule has 2 aromatic rings. The SMILES string of the molecule is O=C(Nc1ccc(Br)cc1)NC1CC(=O)N(c2ccc(F)cc2)C1. The number of nitrogens with zero attached hydrogens (tertiary/aromatic N) is 1. The largest absolute Gasteiger partial charge is 0.333 e. The maximum Gasteiger partial charge on any atom is 0.319 e. The third kappa shape index (κ3) is 3.91. The molecule has 0 spiro atoms. The predicted octanol–water partition coefficient (Wildman–Crippen LogP) is 3.52. The number of rotatable bonds is 3. The van der Waals surface area contributed by atoms with Gasteiger partial charge in [0.05, 0.1) is 6.04 Å². The molecular formula is C17H15BrFN3O2. The van der Waals surface area contributed by atoms with Crippen LogP contribution in [0.25, 0.3) is 0 Å². The first-order valence-corrected chi connectivity index (χ1v) is 8.19. The molecule has 3 rings (SSSR count). The molecule has 5 nitrogen and oxygen atoms in total. The van der Waals surface area contributed by atoms with E-state index in [2.05, 4.69) is 26.6 Å². The average Bonchev–Trinajstić information content (AvgIpc) is 2.90. The average molecular weight is 392 g/mol. The third-order valence-corrected chi connectivity index (χ3v) is 4.23. The Morgan fingerprint density at radius 1 is 1.12 bits per heavy atom. The molecule has 2 N–H and O–H groups in total. The molecule has 0 saturated carbocycles. The van der Waals surface area contributed by atoms with Gasteiger partial charge in [-0.15, -0.1) is 0 Å². The van der Waals surface area contributed by atoms with Crippen LogP contribution in [0.15, 0.2) is 53.0 Å². The molecule has 1 aliphatic rings. The number of amides is 3. The fourth-order valence-electron chi connectivity index (χ4n) is 2.56. The van der Waals surface area contributed by atoms with Crippen molar-refractivity contribution in [2.75, 3.05) is 16.8 Å². The van der Waals surface area contributed by atoms with Crippen LogP contribution < -0.4 is 15.5 Å². The van der Waals surface area contributed by atoms with E-state index in [0.717, 1.165) is 4.47 Å². The van der Waals surface area contributed by atoms with E-state index in [1.807, 2.05) is 12.1 Å². The van der Waals surface area contributed by atoms with E-state index in [0.29, 0.717) is 17.9 Å². The van der Waals surface area contributed by atoms with Gasteiger partial charge >= 0.3 is 6.03 Å². The highest BCUT2D eigenvalue weighted by atomic mass is 79.9. The molecule has 0 bridgehead atoms. The molecule has 1 heterocycles. The molecule has 1 aliphatic heterocycles. The van der Waals surface area contributed by atoms with Gasteiger partial charge in [-0.3, -0.25) is 4.79 Å². The van der Waals surface area contributed by atoms with E-state index >= 15 is 0 Å². The maximum absolute atomic E-state index is 13.0. The molecular weight excluding hydrogens is 377 g/mol. The smallest absolute Gasteiger partial charge is 0.319 e. The van der Waals surface area contributed by atoms with Gasteiger partial charge in [-0.2, -0.15) is 0 Å². The van der Waals surface area contributed by atoms with Gasteiger partial charge in [-0.05, 0) is 48.5 Å². The van der Waals surface area contributed by atoms with E-state index in [1.165, 1.54) is 12.1 Å². The monoisotopic (exact) mass is 391 g/mol. The zero-order chi connectivity index (χ0) is 17.1. The lowest BCUT2D eigenvalue weighted by Gasteiger charge is -2.17. The lowest BCUT2D eigenvalue weighted by Crippen LogP contribution is -2.39. The lowest BCUT2D eigenvalue weighted by atomic mass is 10.2. The Balaban J connectivity index is 1.58. The second-order valence-corrected chi connectivity index (χ2v) is 6.40. The second kappa shape index (κ2) is 7.00. The molecule has 1 unspecified atom stereocenters. The van der Waals surface area contributed by atoms with E-state index in [-0.39, 0.29) is 30.2 Å². The summed E-state index contributed by atoms with van der Waals surface area (Å²) in [6.07, 6.45) is 0.213. The quantitative estimate of drug-likeness (QED) is 0.840. The zero-order valence-corrected chi connectivity index (χ0v) is 14.2. The number of carbonyl (C=O) groups is 2. The summed E-state index contributed by atoms with van der Waals surface area (Å²) < 4.78 is 13.9. The van der Waals surface area contributed by atoms with Gasteiger partial charge < -0.3 is 15.5 Å². The van der Waals surface area contributed by atoms with Crippen LogP contribution >= 0.6 is 15.9 Å². The van der Waals surface area contributed by atoms with Crippen LogP contribution in [0.5, 0.6) is 0 Å². The first-order valence-electron chi connectivity index (χ1n) is 7.40. The van der Waals surface area contributed by atoms with Crippen LogP contribution in [0.1, 0.15) is 6.42 Å². The normalized spacial score (nSPS) is 17.0. The van der Waals surface area contributed by atoms with E-state index in [1.54, 1.807) is 29.2 Å². The summed E-state index contributed by atoms with van der Waals surface area (Å²) in [5.74, 6) is -0.454. The van der Waals surface area contributed by atoms with Crippen molar-refractivity contribution < 1.29 is 14.0 Å². The Bertz CT molecular complexity index is 749. The highest BCUT2D eigenvalue weighted by molar-refractivity contribution is 9.10. The summed E-state index contributed by atoms with van der Waals surface area (Å²) in [5.41, 5.74) is 1.29. The number of hydrogen-bond acceptors (Lipinski definition) is 2. The van der Waals surface area contributed by atoms with E-state index in [4.69, 9.17) is 0 Å². The summed E-state index contributed by atoms with van der Waals surface area (Å²) in [4.78, 5) is 25.7. The number of urea groups is 1. The fraction of sp³-hybridized carbons (Fsp3) is 0.176. The van der Waals surface area contributed by atoms with Crippen LogP contribution in [0.2, 0.25) is 0 Å². The van der Waals surface area contributed by atoms with Crippen molar-refractivity contribution in [3.8, 4) is 0 Å². The summed E-state index contributed by atoms with van der Waals surface area (Å²) in [6, 6.07) is 12.3. The van der Waals surface area contributed by atoms with Gasteiger partial charge in [0.2, 0.25) is 5.91 Å². The molecule has 1 fully saturated rings. The third-order valence-electron chi connectivity index (χ3n) is 3.70. The van der Waals surface area contributed by atoms with Gasteiger partial charge in [0.15, 0.2) is 0 Å². The highest BCUT2D eigenvalue weighted by Gasteiger charge is 2.31. The fourth-order valence-corrected chi connectivity index (χ4v) is 2.82. The van der Waals surface area contributed by atoms with Crippen molar-refractivity contribution in [1.29, 1.82) is 0 Å². The molecule has 24 heavy (non-hydrogen) atoms. The number of anilines is 2. The van der Waals surface area contributed by atoms with Gasteiger partial charge in [0.1, 0.15) is 5.82 Å². The Kier molecular flexibility index (Phi) is 4.80. The van der Waals surface area contributed by atoms with Crippen LogP contribution in [-0.4, -0.2) is 24.5 Å². The second-order valence-electron chi connectivity index (χ2n) is 5.49. The van der Waals surface area contributed by atoms with Gasteiger partial charge in [0.25, 0.3) is 0 Å². The summed E-state index contributed by atoms with van der Waals surface area (Å²) in [7, 11) is 0. The van der Waals surface area contributed by atoms with Crippen LogP contribution in [0, 0.1) is 5.82 Å². The number of halogens is 2. The number of carbonyl (C=O) groups excluding carboxylic acids is 2. The van der Waals surface area contributed by atoms with E-state index < -0.39 is 0 Å². The van der Waals surface area contributed by atoms with Crippen LogP contribution in [0.3, 0.4) is 0 Å². The number of benzene rings is 2. The van der Waals surface area contributed by atoms with Crippen molar-refractivity contribution >= 4 is 39.2 Å². The van der Waals surface area contributed by atoms with Crippen molar-refractivity contribution in [3.05, 3.63) is 58.8 Å². The van der Waals surface area contributed by atoms with Crippen LogP contribution in [0.4, 0.5) is 20.6 Å². The highest BCUT2D eigenvalue weighted by Crippen LogP contribution is 2.22. The van der Waals surface area contributed by atoms with Gasteiger partial charge in [-0.25, -0.2) is 9.18 Å². The summed E-state index contributed by atoms with van der Waals surface area (Å²) in [6.45, 7) is 0.359. The van der Waals surface area contributed by atoms with Gasteiger partial charge in [-0.1, -0.05) is 15.9 Å². The molecule has 0 aliphatic carbocycles.